The van der Waals surface area contributed by atoms with E-state index in [0.717, 1.165) is 20.9 Å². The Balaban J connectivity index is 1.99. The summed E-state index contributed by atoms with van der Waals surface area (Å²) in [5, 5.41) is 5.49. The van der Waals surface area contributed by atoms with E-state index in [2.05, 4.69) is 43.3 Å². The van der Waals surface area contributed by atoms with E-state index < -0.39 is 0 Å². The molecule has 0 unspecified atom stereocenters. The Hall–Kier alpha value is -2.05. The standard InChI is InChI=1S/C15H11BrN4S/c16-11-3-1-10-8-12(4-2-9(10)7-11)20-15-13(14(17)21)18-5-6-19-15/h1-8H,(H2,17,21)(H,19,20). The van der Waals surface area contributed by atoms with E-state index >= 15 is 0 Å². The highest BCUT2D eigenvalue weighted by Gasteiger charge is 2.08. The number of aromatic nitrogens is 2. The van der Waals surface area contributed by atoms with Crippen LogP contribution in [0.2, 0.25) is 0 Å². The molecule has 0 aliphatic heterocycles. The summed E-state index contributed by atoms with van der Waals surface area (Å²) in [4.78, 5) is 8.61. The molecule has 0 saturated heterocycles. The van der Waals surface area contributed by atoms with Crippen LogP contribution in [-0.2, 0) is 0 Å². The van der Waals surface area contributed by atoms with E-state index in [0.29, 0.717) is 11.5 Å². The van der Waals surface area contributed by atoms with Crippen molar-refractivity contribution in [1.82, 2.24) is 9.97 Å². The van der Waals surface area contributed by atoms with Gasteiger partial charge in [0.05, 0.1) is 0 Å². The van der Waals surface area contributed by atoms with Crippen LogP contribution in [0.25, 0.3) is 10.8 Å². The Kier molecular flexibility index (Phi) is 3.81. The van der Waals surface area contributed by atoms with Crippen LogP contribution in [0.15, 0.2) is 53.3 Å². The molecule has 3 rings (SSSR count). The maximum atomic E-state index is 5.66. The predicted molar refractivity (Wildman–Crippen MR) is 92.9 cm³/mol. The molecular weight excluding hydrogens is 348 g/mol. The lowest BCUT2D eigenvalue weighted by Crippen LogP contribution is -2.14. The summed E-state index contributed by atoms with van der Waals surface area (Å²) in [5.41, 5.74) is 7.05. The molecule has 21 heavy (non-hydrogen) atoms. The predicted octanol–water partition coefficient (Wildman–Crippen LogP) is 3.77. The number of halogens is 1. The quantitative estimate of drug-likeness (QED) is 0.697. The van der Waals surface area contributed by atoms with Crippen LogP contribution >= 0.6 is 28.1 Å². The molecule has 1 aromatic heterocycles. The third-order valence-corrected chi connectivity index (χ3v) is 3.68. The zero-order chi connectivity index (χ0) is 14.8. The molecule has 0 aliphatic rings. The molecule has 0 spiro atoms. The lowest BCUT2D eigenvalue weighted by Gasteiger charge is -2.10. The Morgan fingerprint density at radius 1 is 1.05 bits per heavy atom. The van der Waals surface area contributed by atoms with Crippen LogP contribution in [0.5, 0.6) is 0 Å². The zero-order valence-corrected chi connectivity index (χ0v) is 13.3. The van der Waals surface area contributed by atoms with Gasteiger partial charge in [-0.1, -0.05) is 40.3 Å². The number of hydrogen-bond acceptors (Lipinski definition) is 4. The van der Waals surface area contributed by atoms with E-state index in [1.54, 1.807) is 12.4 Å². The fourth-order valence-electron chi connectivity index (χ4n) is 2.04. The molecule has 3 N–H and O–H groups in total. The second-order valence-corrected chi connectivity index (χ2v) is 5.80. The average Bonchev–Trinajstić information content (AvgIpc) is 2.48. The SMILES string of the molecule is NC(=S)c1nccnc1Nc1ccc2cc(Br)ccc2c1. The summed E-state index contributed by atoms with van der Waals surface area (Å²) >= 11 is 8.46. The minimum absolute atomic E-state index is 0.218. The van der Waals surface area contributed by atoms with Crippen molar-refractivity contribution >= 4 is 55.4 Å². The van der Waals surface area contributed by atoms with Crippen molar-refractivity contribution in [3.63, 3.8) is 0 Å². The third kappa shape index (κ3) is 3.01. The van der Waals surface area contributed by atoms with E-state index in [4.69, 9.17) is 18.0 Å². The number of fused-ring (bicyclic) bond motifs is 1. The van der Waals surface area contributed by atoms with Gasteiger partial charge in [-0.15, -0.1) is 0 Å². The first-order valence-corrected chi connectivity index (χ1v) is 7.41. The Morgan fingerprint density at radius 3 is 2.57 bits per heavy atom. The van der Waals surface area contributed by atoms with Crippen LogP contribution in [0.3, 0.4) is 0 Å². The highest BCUT2D eigenvalue weighted by atomic mass is 79.9. The number of nitrogens with two attached hydrogens (primary N) is 1. The number of anilines is 2. The second kappa shape index (κ2) is 5.75. The fourth-order valence-corrected chi connectivity index (χ4v) is 2.57. The van der Waals surface area contributed by atoms with Crippen LogP contribution in [-0.4, -0.2) is 15.0 Å². The summed E-state index contributed by atoms with van der Waals surface area (Å²) in [6.45, 7) is 0. The molecule has 4 nitrogen and oxygen atoms in total. The van der Waals surface area contributed by atoms with Gasteiger partial charge in [-0.3, -0.25) is 0 Å². The van der Waals surface area contributed by atoms with Crippen LogP contribution in [0, 0.1) is 0 Å². The van der Waals surface area contributed by atoms with Crippen LogP contribution in [0.1, 0.15) is 5.69 Å². The molecule has 6 heteroatoms. The second-order valence-electron chi connectivity index (χ2n) is 4.45. The first kappa shape index (κ1) is 13.9. The van der Waals surface area contributed by atoms with Crippen molar-refractivity contribution in [1.29, 1.82) is 0 Å². The number of benzene rings is 2. The van der Waals surface area contributed by atoms with Gasteiger partial charge >= 0.3 is 0 Å². The number of rotatable bonds is 3. The molecule has 0 fully saturated rings. The summed E-state index contributed by atoms with van der Waals surface area (Å²) in [7, 11) is 0. The summed E-state index contributed by atoms with van der Waals surface area (Å²) < 4.78 is 1.06. The van der Waals surface area contributed by atoms with Gasteiger partial charge in [-0.2, -0.15) is 0 Å². The largest absolute Gasteiger partial charge is 0.388 e. The Bertz CT molecular complexity index is 835. The molecule has 2 aromatic carbocycles. The highest BCUT2D eigenvalue weighted by Crippen LogP contribution is 2.25. The monoisotopic (exact) mass is 358 g/mol. The first-order valence-electron chi connectivity index (χ1n) is 6.20. The summed E-state index contributed by atoms with van der Waals surface area (Å²) in [6, 6.07) is 12.2. The van der Waals surface area contributed by atoms with Crippen molar-refractivity contribution in [2.75, 3.05) is 5.32 Å². The van der Waals surface area contributed by atoms with E-state index in [1.165, 1.54) is 0 Å². The minimum atomic E-state index is 0.218. The molecule has 0 saturated carbocycles. The van der Waals surface area contributed by atoms with Gasteiger partial charge in [-0.05, 0) is 35.0 Å². The summed E-state index contributed by atoms with van der Waals surface area (Å²) in [6.07, 6.45) is 3.17. The molecule has 0 aliphatic carbocycles. The molecule has 104 valence electrons. The zero-order valence-electron chi connectivity index (χ0n) is 10.9. The van der Waals surface area contributed by atoms with Gasteiger partial charge in [-0.25, -0.2) is 9.97 Å². The van der Waals surface area contributed by atoms with Crippen molar-refractivity contribution in [3.8, 4) is 0 Å². The molecule has 0 radical (unpaired) electrons. The average molecular weight is 359 g/mol. The smallest absolute Gasteiger partial charge is 0.159 e. The van der Waals surface area contributed by atoms with Crippen molar-refractivity contribution in [2.24, 2.45) is 5.73 Å². The van der Waals surface area contributed by atoms with Crippen molar-refractivity contribution < 1.29 is 0 Å². The summed E-state index contributed by atoms with van der Waals surface area (Å²) in [5.74, 6) is 0.557. The number of thiocarbonyl (C=S) groups is 1. The number of nitrogens with zero attached hydrogens (tertiary/aromatic N) is 2. The van der Waals surface area contributed by atoms with Gasteiger partial charge in [0.25, 0.3) is 0 Å². The van der Waals surface area contributed by atoms with E-state index in [-0.39, 0.29) is 4.99 Å². The maximum absolute atomic E-state index is 5.66. The van der Waals surface area contributed by atoms with Crippen LogP contribution in [0.4, 0.5) is 11.5 Å². The van der Waals surface area contributed by atoms with Crippen molar-refractivity contribution in [3.05, 3.63) is 59.0 Å². The molecule has 1 heterocycles. The van der Waals surface area contributed by atoms with E-state index in [9.17, 15) is 0 Å². The topological polar surface area (TPSA) is 63.8 Å². The molecule has 0 bridgehead atoms. The van der Waals surface area contributed by atoms with Gasteiger partial charge in [0.15, 0.2) is 5.82 Å². The van der Waals surface area contributed by atoms with Gasteiger partial charge in [0.1, 0.15) is 10.7 Å². The normalized spacial score (nSPS) is 10.5. The Morgan fingerprint density at radius 2 is 1.76 bits per heavy atom. The number of hydrogen-bond donors (Lipinski definition) is 2. The van der Waals surface area contributed by atoms with Gasteiger partial charge in [0, 0.05) is 22.6 Å². The highest BCUT2D eigenvalue weighted by molar-refractivity contribution is 9.10. The van der Waals surface area contributed by atoms with Gasteiger partial charge in [0.2, 0.25) is 0 Å². The first-order chi connectivity index (χ1) is 10.1. The molecule has 0 amide bonds. The molecular formula is C15H11BrN4S. The molecule has 0 atom stereocenters. The lowest BCUT2D eigenvalue weighted by molar-refractivity contribution is 1.18. The third-order valence-electron chi connectivity index (χ3n) is 3.00. The van der Waals surface area contributed by atoms with Crippen LogP contribution < -0.4 is 11.1 Å². The minimum Gasteiger partial charge on any atom is -0.388 e. The maximum Gasteiger partial charge on any atom is 0.159 e. The van der Waals surface area contributed by atoms with Crippen molar-refractivity contribution in [2.45, 2.75) is 0 Å². The molecule has 3 aromatic rings. The fraction of sp³-hybridized carbons (Fsp3) is 0. The van der Waals surface area contributed by atoms with Gasteiger partial charge < -0.3 is 11.1 Å². The lowest BCUT2D eigenvalue weighted by atomic mass is 10.1. The van der Waals surface area contributed by atoms with E-state index in [1.807, 2.05) is 24.3 Å². The number of nitrogens with one attached hydrogen (secondary N) is 1. The Labute approximate surface area is 135 Å².